The molecule has 0 spiro atoms. The van der Waals surface area contributed by atoms with Crippen molar-refractivity contribution in [1.29, 1.82) is 0 Å². The molecule has 5 nitrogen and oxygen atoms in total. The van der Waals surface area contributed by atoms with Crippen molar-refractivity contribution >= 4 is 16.9 Å². The summed E-state index contributed by atoms with van der Waals surface area (Å²) in [5.74, 6) is 1.72. The topological polar surface area (TPSA) is 50.2 Å². The zero-order chi connectivity index (χ0) is 15.8. The number of piperidine rings is 1. The molecular formula is C18H24N4O. The maximum Gasteiger partial charge on any atom is 0.228 e. The van der Waals surface area contributed by atoms with Gasteiger partial charge in [-0.3, -0.25) is 4.79 Å². The number of aromatic nitrogens is 2. The molecule has 0 saturated carbocycles. The van der Waals surface area contributed by atoms with E-state index in [1.165, 1.54) is 11.3 Å². The number of imidazole rings is 1. The number of rotatable bonds is 3. The first-order valence-electron chi connectivity index (χ1n) is 8.73. The molecule has 3 heterocycles. The Hall–Kier alpha value is -1.88. The van der Waals surface area contributed by atoms with Crippen molar-refractivity contribution in [3.63, 3.8) is 0 Å². The zero-order valence-corrected chi connectivity index (χ0v) is 13.7. The van der Waals surface area contributed by atoms with Gasteiger partial charge < -0.3 is 14.8 Å². The van der Waals surface area contributed by atoms with Gasteiger partial charge in [-0.25, -0.2) is 4.98 Å². The van der Waals surface area contributed by atoms with E-state index < -0.39 is 0 Å². The second-order valence-corrected chi connectivity index (χ2v) is 6.65. The van der Waals surface area contributed by atoms with Crippen LogP contribution in [0.2, 0.25) is 0 Å². The molecule has 0 radical (unpaired) electrons. The van der Waals surface area contributed by atoms with Gasteiger partial charge >= 0.3 is 0 Å². The van der Waals surface area contributed by atoms with Gasteiger partial charge in [-0.1, -0.05) is 19.1 Å². The van der Waals surface area contributed by atoms with Crippen LogP contribution < -0.4 is 5.32 Å². The minimum Gasteiger partial charge on any atom is -0.342 e. The molecule has 0 aliphatic carbocycles. The Kier molecular flexibility index (Phi) is 3.81. The van der Waals surface area contributed by atoms with Gasteiger partial charge in [-0.2, -0.15) is 0 Å². The maximum absolute atomic E-state index is 12.4. The Morgan fingerprint density at radius 3 is 2.65 bits per heavy atom. The summed E-state index contributed by atoms with van der Waals surface area (Å²) in [6.07, 6.45) is 3.00. The monoisotopic (exact) mass is 312 g/mol. The van der Waals surface area contributed by atoms with Gasteiger partial charge in [0, 0.05) is 38.6 Å². The quantitative estimate of drug-likeness (QED) is 0.943. The summed E-state index contributed by atoms with van der Waals surface area (Å²) >= 11 is 0. The van der Waals surface area contributed by atoms with Crippen molar-refractivity contribution in [1.82, 2.24) is 19.8 Å². The number of amides is 1. The molecule has 0 unspecified atom stereocenters. The molecule has 5 heteroatoms. The molecule has 1 aromatic heterocycles. The summed E-state index contributed by atoms with van der Waals surface area (Å²) in [4.78, 5) is 19.2. The molecule has 1 aromatic carbocycles. The number of benzene rings is 1. The van der Waals surface area contributed by atoms with Crippen LogP contribution in [0.4, 0.5) is 0 Å². The third-order valence-electron chi connectivity index (χ3n) is 5.26. The average Bonchev–Trinajstić information content (AvgIpc) is 2.92. The number of hydrogen-bond donors (Lipinski definition) is 1. The van der Waals surface area contributed by atoms with Crippen LogP contribution in [0.5, 0.6) is 0 Å². The van der Waals surface area contributed by atoms with Gasteiger partial charge in [0.1, 0.15) is 5.82 Å². The number of carbonyl (C=O) groups is 1. The van der Waals surface area contributed by atoms with E-state index in [0.717, 1.165) is 51.0 Å². The Labute approximate surface area is 136 Å². The van der Waals surface area contributed by atoms with E-state index in [0.29, 0.717) is 11.9 Å². The molecule has 2 fully saturated rings. The lowest BCUT2D eigenvalue weighted by Crippen LogP contribution is -2.53. The number of aryl methyl sites for hydroxylation is 1. The lowest BCUT2D eigenvalue weighted by atomic mass is 9.98. The maximum atomic E-state index is 12.4. The van der Waals surface area contributed by atoms with E-state index in [9.17, 15) is 4.79 Å². The highest BCUT2D eigenvalue weighted by molar-refractivity contribution is 5.80. The molecule has 0 bridgehead atoms. The lowest BCUT2D eigenvalue weighted by Gasteiger charge is -2.37. The summed E-state index contributed by atoms with van der Waals surface area (Å²) < 4.78 is 2.42. The second-order valence-electron chi connectivity index (χ2n) is 6.65. The van der Waals surface area contributed by atoms with Crippen LogP contribution in [0, 0.1) is 5.92 Å². The molecule has 2 aliphatic rings. The van der Waals surface area contributed by atoms with Crippen molar-refractivity contribution in [2.24, 2.45) is 5.92 Å². The molecular weight excluding hydrogens is 288 g/mol. The van der Waals surface area contributed by atoms with Crippen molar-refractivity contribution in [2.45, 2.75) is 32.2 Å². The van der Waals surface area contributed by atoms with Crippen molar-refractivity contribution in [3.05, 3.63) is 30.1 Å². The molecule has 1 N–H and O–H groups in total. The smallest absolute Gasteiger partial charge is 0.228 e. The summed E-state index contributed by atoms with van der Waals surface area (Å²) in [6, 6.07) is 8.85. The van der Waals surface area contributed by atoms with Crippen LogP contribution in [0.1, 0.15) is 31.6 Å². The number of nitrogens with zero attached hydrogens (tertiary/aromatic N) is 3. The van der Waals surface area contributed by atoms with Crippen molar-refractivity contribution in [3.8, 4) is 0 Å². The van der Waals surface area contributed by atoms with E-state index in [-0.39, 0.29) is 5.92 Å². The van der Waals surface area contributed by atoms with Crippen LogP contribution in [-0.4, -0.2) is 46.5 Å². The average molecular weight is 312 g/mol. The molecule has 122 valence electrons. The number of fused-ring (bicyclic) bond motifs is 1. The van der Waals surface area contributed by atoms with Gasteiger partial charge in [0.25, 0.3) is 0 Å². The number of hydrogen-bond acceptors (Lipinski definition) is 3. The van der Waals surface area contributed by atoms with Crippen molar-refractivity contribution < 1.29 is 4.79 Å². The molecule has 0 atom stereocenters. The lowest BCUT2D eigenvalue weighted by molar-refractivity contribution is -0.138. The van der Waals surface area contributed by atoms with E-state index in [1.54, 1.807) is 0 Å². The fourth-order valence-corrected chi connectivity index (χ4v) is 3.82. The third-order valence-corrected chi connectivity index (χ3v) is 5.26. The van der Waals surface area contributed by atoms with E-state index in [4.69, 9.17) is 4.98 Å². The van der Waals surface area contributed by atoms with E-state index in [2.05, 4.69) is 39.9 Å². The van der Waals surface area contributed by atoms with Gasteiger partial charge in [-0.15, -0.1) is 0 Å². The molecule has 4 rings (SSSR count). The predicted octanol–water partition coefficient (Wildman–Crippen LogP) is 1.98. The first-order chi connectivity index (χ1) is 11.3. The number of likely N-dealkylation sites (tertiary alicyclic amines) is 1. The number of nitrogens with one attached hydrogen (secondary N) is 1. The second kappa shape index (κ2) is 5.96. The van der Waals surface area contributed by atoms with Crippen LogP contribution >= 0.6 is 0 Å². The first kappa shape index (κ1) is 14.7. The SMILES string of the molecule is CCc1nc2ccccc2n1C1CCN(C(=O)C2CNC2)CC1. The van der Waals surface area contributed by atoms with Crippen LogP contribution in [-0.2, 0) is 11.2 Å². The Morgan fingerprint density at radius 2 is 2.00 bits per heavy atom. The Bertz CT molecular complexity index is 711. The summed E-state index contributed by atoms with van der Waals surface area (Å²) in [5.41, 5.74) is 2.32. The van der Waals surface area contributed by atoms with E-state index >= 15 is 0 Å². The summed E-state index contributed by atoms with van der Waals surface area (Å²) in [6.45, 7) is 5.61. The first-order valence-corrected chi connectivity index (χ1v) is 8.73. The normalized spacial score (nSPS) is 20.0. The van der Waals surface area contributed by atoms with Gasteiger partial charge in [0.05, 0.1) is 17.0 Å². The highest BCUT2D eigenvalue weighted by Gasteiger charge is 2.32. The predicted molar refractivity (Wildman–Crippen MR) is 90.3 cm³/mol. The van der Waals surface area contributed by atoms with Gasteiger partial charge in [0.2, 0.25) is 5.91 Å². The highest BCUT2D eigenvalue weighted by atomic mass is 16.2. The van der Waals surface area contributed by atoms with Crippen LogP contribution in [0.3, 0.4) is 0 Å². The summed E-state index contributed by atoms with van der Waals surface area (Å²) in [7, 11) is 0. The fourth-order valence-electron chi connectivity index (χ4n) is 3.82. The minimum atomic E-state index is 0.215. The number of carbonyl (C=O) groups excluding carboxylic acids is 1. The molecule has 2 aliphatic heterocycles. The Morgan fingerprint density at radius 1 is 1.26 bits per heavy atom. The zero-order valence-electron chi connectivity index (χ0n) is 13.7. The van der Waals surface area contributed by atoms with Crippen LogP contribution in [0.15, 0.2) is 24.3 Å². The highest BCUT2D eigenvalue weighted by Crippen LogP contribution is 2.29. The van der Waals surface area contributed by atoms with E-state index in [1.807, 2.05) is 6.07 Å². The largest absolute Gasteiger partial charge is 0.342 e. The van der Waals surface area contributed by atoms with Gasteiger partial charge in [-0.05, 0) is 25.0 Å². The molecule has 1 amide bonds. The van der Waals surface area contributed by atoms with Gasteiger partial charge in [0.15, 0.2) is 0 Å². The minimum absolute atomic E-state index is 0.215. The standard InChI is InChI=1S/C18H24N4O/c1-2-17-20-15-5-3-4-6-16(15)22(17)14-7-9-21(10-8-14)18(23)13-11-19-12-13/h3-6,13-14,19H,2,7-12H2,1H3. The Balaban J connectivity index is 1.53. The molecule has 23 heavy (non-hydrogen) atoms. The molecule has 2 aromatic rings. The van der Waals surface area contributed by atoms with Crippen LogP contribution in [0.25, 0.3) is 11.0 Å². The molecule has 2 saturated heterocycles. The van der Waals surface area contributed by atoms with Crippen molar-refractivity contribution in [2.75, 3.05) is 26.2 Å². The fraction of sp³-hybridized carbons (Fsp3) is 0.556. The number of para-hydroxylation sites is 2. The summed E-state index contributed by atoms with van der Waals surface area (Å²) in [5, 5.41) is 3.19. The third kappa shape index (κ3) is 2.53.